The van der Waals surface area contributed by atoms with Crippen molar-refractivity contribution >= 4 is 29.1 Å². The van der Waals surface area contributed by atoms with Gasteiger partial charge in [0.15, 0.2) is 0 Å². The van der Waals surface area contributed by atoms with Crippen LogP contribution < -0.4 is 10.2 Å². The van der Waals surface area contributed by atoms with E-state index in [0.29, 0.717) is 10.7 Å². The second-order valence-corrected chi connectivity index (χ2v) is 7.15. The number of benzene rings is 1. The summed E-state index contributed by atoms with van der Waals surface area (Å²) in [6, 6.07) is 7.28. The fraction of sp³-hybridized carbons (Fsp3) is 0.421. The Morgan fingerprint density at radius 1 is 1.08 bits per heavy atom. The predicted molar refractivity (Wildman–Crippen MR) is 105 cm³/mol. The molecule has 1 fully saturated rings. The Bertz CT molecular complexity index is 762. The summed E-state index contributed by atoms with van der Waals surface area (Å²) in [7, 11) is 2.12. The van der Waals surface area contributed by atoms with Crippen LogP contribution in [0.15, 0.2) is 24.3 Å². The Morgan fingerprint density at radius 2 is 1.65 bits per heavy atom. The van der Waals surface area contributed by atoms with Gasteiger partial charge in [0.1, 0.15) is 0 Å². The normalized spacial score (nSPS) is 15.2. The van der Waals surface area contributed by atoms with E-state index in [1.54, 1.807) is 12.1 Å². The number of carbonyl (C=O) groups excluding carboxylic acids is 1. The lowest BCUT2D eigenvalue weighted by atomic mass is 10.1. The molecule has 1 aromatic carbocycles. The van der Waals surface area contributed by atoms with Gasteiger partial charge in [0.05, 0.1) is 23.5 Å². The molecule has 0 saturated carbocycles. The number of aromatic nitrogens is 2. The molecule has 26 heavy (non-hydrogen) atoms. The number of carbonyl (C=O) groups is 1. The molecule has 1 aromatic heterocycles. The molecule has 0 aliphatic carbocycles. The van der Waals surface area contributed by atoms with Gasteiger partial charge in [-0.3, -0.25) is 4.79 Å². The van der Waals surface area contributed by atoms with E-state index < -0.39 is 0 Å². The van der Waals surface area contributed by atoms with E-state index in [1.807, 2.05) is 26.0 Å². The van der Waals surface area contributed by atoms with Crippen LogP contribution in [0.5, 0.6) is 0 Å². The van der Waals surface area contributed by atoms with Gasteiger partial charge in [-0.25, -0.2) is 9.97 Å². The molecule has 0 spiro atoms. The highest BCUT2D eigenvalue weighted by Gasteiger charge is 2.19. The maximum absolute atomic E-state index is 12.4. The molecule has 0 unspecified atom stereocenters. The number of anilines is 2. The Morgan fingerprint density at radius 3 is 2.23 bits per heavy atom. The minimum Gasteiger partial charge on any atom is -0.338 e. The molecule has 0 bridgehead atoms. The van der Waals surface area contributed by atoms with Gasteiger partial charge in [-0.1, -0.05) is 23.7 Å². The second kappa shape index (κ2) is 8.01. The van der Waals surface area contributed by atoms with Crippen molar-refractivity contribution in [2.45, 2.75) is 20.3 Å². The van der Waals surface area contributed by atoms with Crippen molar-refractivity contribution in [3.63, 3.8) is 0 Å². The SMILES string of the molecule is Cc1nc(N2CCN(C)CC2)nc(C)c1NC(=O)Cc1ccc(Cl)cc1. The third kappa shape index (κ3) is 4.51. The fourth-order valence-corrected chi connectivity index (χ4v) is 3.12. The van der Waals surface area contributed by atoms with E-state index in [1.165, 1.54) is 0 Å². The lowest BCUT2D eigenvalue weighted by Gasteiger charge is -2.32. The molecule has 7 heteroatoms. The number of hydrogen-bond acceptors (Lipinski definition) is 5. The van der Waals surface area contributed by atoms with Crippen molar-refractivity contribution in [1.29, 1.82) is 0 Å². The summed E-state index contributed by atoms with van der Waals surface area (Å²) in [5, 5.41) is 3.62. The van der Waals surface area contributed by atoms with Crippen molar-refractivity contribution in [3.8, 4) is 0 Å². The number of likely N-dealkylation sites (N-methyl/N-ethyl adjacent to an activating group) is 1. The number of amides is 1. The smallest absolute Gasteiger partial charge is 0.228 e. The standard InChI is InChI=1S/C19H24ClN5O/c1-13-18(23-17(26)12-15-4-6-16(20)7-5-15)14(2)22-19(21-13)25-10-8-24(3)9-11-25/h4-7H,8-12H2,1-3H3,(H,23,26). The van der Waals surface area contributed by atoms with Gasteiger partial charge in [-0.05, 0) is 38.6 Å². The Kier molecular flexibility index (Phi) is 5.74. The van der Waals surface area contributed by atoms with Crippen LogP contribution in [0.3, 0.4) is 0 Å². The number of halogens is 1. The third-order valence-electron chi connectivity index (χ3n) is 4.59. The van der Waals surface area contributed by atoms with Crippen molar-refractivity contribution in [3.05, 3.63) is 46.2 Å². The van der Waals surface area contributed by atoms with Crippen LogP contribution in [-0.4, -0.2) is 54.0 Å². The number of hydrogen-bond donors (Lipinski definition) is 1. The highest BCUT2D eigenvalue weighted by atomic mass is 35.5. The third-order valence-corrected chi connectivity index (χ3v) is 4.84. The summed E-state index contributed by atoms with van der Waals surface area (Å²) in [5.41, 5.74) is 3.19. The molecule has 1 aliphatic rings. The summed E-state index contributed by atoms with van der Waals surface area (Å²) >= 11 is 5.88. The van der Waals surface area contributed by atoms with Gasteiger partial charge in [0.25, 0.3) is 0 Å². The molecule has 6 nitrogen and oxygen atoms in total. The molecule has 0 atom stereocenters. The molecule has 1 N–H and O–H groups in total. The molecule has 2 aromatic rings. The van der Waals surface area contributed by atoms with Crippen molar-refractivity contribution in [2.75, 3.05) is 43.4 Å². The first-order chi connectivity index (χ1) is 12.4. The van der Waals surface area contributed by atoms with Gasteiger partial charge >= 0.3 is 0 Å². The summed E-state index contributed by atoms with van der Waals surface area (Å²) in [5.74, 6) is 0.651. The summed E-state index contributed by atoms with van der Waals surface area (Å²) in [6.07, 6.45) is 0.288. The van der Waals surface area contributed by atoms with Gasteiger partial charge in [0.2, 0.25) is 11.9 Å². The zero-order valence-corrected chi connectivity index (χ0v) is 16.2. The fourth-order valence-electron chi connectivity index (χ4n) is 3.00. The molecule has 2 heterocycles. The second-order valence-electron chi connectivity index (χ2n) is 6.71. The highest BCUT2D eigenvalue weighted by Crippen LogP contribution is 2.21. The minimum atomic E-state index is -0.0885. The number of rotatable bonds is 4. The number of piperazine rings is 1. The molecule has 0 radical (unpaired) electrons. The molecule has 138 valence electrons. The summed E-state index contributed by atoms with van der Waals surface area (Å²) in [6.45, 7) is 7.65. The first kappa shape index (κ1) is 18.6. The quantitative estimate of drug-likeness (QED) is 0.892. The molecule has 1 aliphatic heterocycles. The largest absolute Gasteiger partial charge is 0.338 e. The average Bonchev–Trinajstić information content (AvgIpc) is 2.60. The van der Waals surface area contributed by atoms with Crippen LogP contribution in [0.2, 0.25) is 5.02 Å². The van der Waals surface area contributed by atoms with Crippen molar-refractivity contribution in [2.24, 2.45) is 0 Å². The van der Waals surface area contributed by atoms with Crippen LogP contribution in [0, 0.1) is 13.8 Å². The molecular weight excluding hydrogens is 350 g/mol. The van der Waals surface area contributed by atoms with E-state index in [-0.39, 0.29) is 12.3 Å². The van der Waals surface area contributed by atoms with Gasteiger partial charge in [-0.2, -0.15) is 0 Å². The summed E-state index contributed by atoms with van der Waals surface area (Å²) in [4.78, 5) is 26.1. The lowest BCUT2D eigenvalue weighted by molar-refractivity contribution is -0.115. The van der Waals surface area contributed by atoms with Gasteiger partial charge in [-0.15, -0.1) is 0 Å². The van der Waals surface area contributed by atoms with Gasteiger partial charge in [0, 0.05) is 31.2 Å². The number of aryl methyl sites for hydroxylation is 2. The van der Waals surface area contributed by atoms with E-state index in [0.717, 1.165) is 49.1 Å². The molecule has 1 saturated heterocycles. The van der Waals surface area contributed by atoms with Gasteiger partial charge < -0.3 is 15.1 Å². The van der Waals surface area contributed by atoms with Crippen LogP contribution in [-0.2, 0) is 11.2 Å². The van der Waals surface area contributed by atoms with E-state index in [4.69, 9.17) is 11.6 Å². The zero-order valence-electron chi connectivity index (χ0n) is 15.4. The maximum atomic E-state index is 12.4. The Labute approximate surface area is 159 Å². The van der Waals surface area contributed by atoms with Crippen LogP contribution in [0.1, 0.15) is 17.0 Å². The minimum absolute atomic E-state index is 0.0885. The molecule has 3 rings (SSSR count). The predicted octanol–water partition coefficient (Wildman–Crippen LogP) is 2.68. The highest BCUT2D eigenvalue weighted by molar-refractivity contribution is 6.30. The lowest BCUT2D eigenvalue weighted by Crippen LogP contribution is -2.45. The maximum Gasteiger partial charge on any atom is 0.228 e. The molecule has 1 amide bonds. The Balaban J connectivity index is 1.69. The summed E-state index contributed by atoms with van der Waals surface area (Å²) < 4.78 is 0. The zero-order chi connectivity index (χ0) is 18.7. The molecular formula is C19H24ClN5O. The monoisotopic (exact) mass is 373 g/mol. The average molecular weight is 374 g/mol. The first-order valence-electron chi connectivity index (χ1n) is 8.75. The van der Waals surface area contributed by atoms with Crippen molar-refractivity contribution < 1.29 is 4.79 Å². The van der Waals surface area contributed by atoms with E-state index in [9.17, 15) is 4.79 Å². The van der Waals surface area contributed by atoms with Crippen LogP contribution in [0.25, 0.3) is 0 Å². The van der Waals surface area contributed by atoms with E-state index >= 15 is 0 Å². The van der Waals surface area contributed by atoms with Crippen LogP contribution >= 0.6 is 11.6 Å². The number of nitrogens with one attached hydrogen (secondary N) is 1. The number of nitrogens with zero attached hydrogens (tertiary/aromatic N) is 4. The van der Waals surface area contributed by atoms with E-state index in [2.05, 4.69) is 32.1 Å². The van der Waals surface area contributed by atoms with Crippen LogP contribution in [0.4, 0.5) is 11.6 Å². The topological polar surface area (TPSA) is 61.4 Å². The first-order valence-corrected chi connectivity index (χ1v) is 9.13. The van der Waals surface area contributed by atoms with Crippen molar-refractivity contribution in [1.82, 2.24) is 14.9 Å². The Hall–Kier alpha value is -2.18.